The van der Waals surface area contributed by atoms with Gasteiger partial charge in [-0.25, -0.2) is 0 Å². The number of carbonyl (C=O) groups excluding carboxylic acids is 1. The van der Waals surface area contributed by atoms with E-state index < -0.39 is 0 Å². The summed E-state index contributed by atoms with van der Waals surface area (Å²) >= 11 is 6.09. The molecular formula is C22H26ClN5O. The van der Waals surface area contributed by atoms with Crippen LogP contribution in [-0.4, -0.2) is 71.8 Å². The SMILES string of the molecule is CN1CCN(CCNC(=O)c2ccc3cnn(Cc4cccc(Cl)c4)c3c2)CC1. The van der Waals surface area contributed by atoms with Crippen LogP contribution in [0.3, 0.4) is 0 Å². The van der Waals surface area contributed by atoms with Gasteiger partial charge in [0.2, 0.25) is 0 Å². The van der Waals surface area contributed by atoms with Crippen LogP contribution in [0.5, 0.6) is 0 Å². The topological polar surface area (TPSA) is 53.4 Å². The molecule has 0 saturated carbocycles. The fraction of sp³-hybridized carbons (Fsp3) is 0.364. The minimum absolute atomic E-state index is 0.0449. The molecule has 0 atom stereocenters. The number of fused-ring (bicyclic) bond motifs is 1. The lowest BCUT2D eigenvalue weighted by Gasteiger charge is -2.32. The molecule has 2 aromatic carbocycles. The van der Waals surface area contributed by atoms with Crippen molar-refractivity contribution in [2.24, 2.45) is 0 Å². The third kappa shape index (κ3) is 4.96. The number of piperazine rings is 1. The molecule has 1 amide bonds. The summed E-state index contributed by atoms with van der Waals surface area (Å²) in [4.78, 5) is 17.4. The van der Waals surface area contributed by atoms with Crippen molar-refractivity contribution in [2.45, 2.75) is 6.54 Å². The molecule has 6 nitrogen and oxygen atoms in total. The molecule has 0 bridgehead atoms. The van der Waals surface area contributed by atoms with E-state index in [-0.39, 0.29) is 5.91 Å². The van der Waals surface area contributed by atoms with Gasteiger partial charge in [0, 0.05) is 55.2 Å². The zero-order valence-corrected chi connectivity index (χ0v) is 17.4. The highest BCUT2D eigenvalue weighted by molar-refractivity contribution is 6.30. The van der Waals surface area contributed by atoms with Gasteiger partial charge in [-0.1, -0.05) is 29.8 Å². The van der Waals surface area contributed by atoms with Gasteiger partial charge in [0.25, 0.3) is 5.91 Å². The molecule has 4 rings (SSSR count). The third-order valence-corrected chi connectivity index (χ3v) is 5.67. The van der Waals surface area contributed by atoms with Crippen molar-refractivity contribution in [3.63, 3.8) is 0 Å². The highest BCUT2D eigenvalue weighted by atomic mass is 35.5. The molecule has 1 aromatic heterocycles. The Hall–Kier alpha value is -2.41. The summed E-state index contributed by atoms with van der Waals surface area (Å²) in [5, 5.41) is 9.25. The Kier molecular flexibility index (Phi) is 6.13. The molecule has 0 radical (unpaired) electrons. The molecule has 29 heavy (non-hydrogen) atoms. The predicted octanol–water partition coefficient (Wildman–Crippen LogP) is 2.72. The van der Waals surface area contributed by atoms with Crippen LogP contribution in [0.1, 0.15) is 15.9 Å². The van der Waals surface area contributed by atoms with Gasteiger partial charge >= 0.3 is 0 Å². The van der Waals surface area contributed by atoms with Crippen molar-refractivity contribution in [1.29, 1.82) is 0 Å². The Morgan fingerprint density at radius 1 is 1.14 bits per heavy atom. The van der Waals surface area contributed by atoms with Gasteiger partial charge in [-0.2, -0.15) is 5.10 Å². The summed E-state index contributed by atoms with van der Waals surface area (Å²) in [6.07, 6.45) is 1.83. The number of nitrogens with one attached hydrogen (secondary N) is 1. The highest BCUT2D eigenvalue weighted by Crippen LogP contribution is 2.18. The first-order valence-corrected chi connectivity index (χ1v) is 10.4. The summed E-state index contributed by atoms with van der Waals surface area (Å²) < 4.78 is 1.90. The maximum Gasteiger partial charge on any atom is 0.251 e. The second kappa shape index (κ2) is 8.95. The smallest absolute Gasteiger partial charge is 0.251 e. The number of likely N-dealkylation sites (N-methyl/N-ethyl adjacent to an activating group) is 1. The Morgan fingerprint density at radius 3 is 2.76 bits per heavy atom. The minimum Gasteiger partial charge on any atom is -0.351 e. The van der Waals surface area contributed by atoms with Crippen LogP contribution in [0.25, 0.3) is 10.9 Å². The van der Waals surface area contributed by atoms with Crippen molar-refractivity contribution in [2.75, 3.05) is 46.3 Å². The first-order chi connectivity index (χ1) is 14.1. The van der Waals surface area contributed by atoms with E-state index >= 15 is 0 Å². The van der Waals surface area contributed by atoms with Crippen molar-refractivity contribution in [1.82, 2.24) is 24.9 Å². The second-order valence-corrected chi connectivity index (χ2v) is 8.04. The number of aromatic nitrogens is 2. The number of carbonyl (C=O) groups is 1. The molecule has 0 spiro atoms. The lowest BCUT2D eigenvalue weighted by Crippen LogP contribution is -2.46. The number of benzene rings is 2. The molecule has 1 N–H and O–H groups in total. The molecule has 1 aliphatic heterocycles. The molecule has 7 heteroatoms. The van der Waals surface area contributed by atoms with Crippen LogP contribution in [0.15, 0.2) is 48.7 Å². The van der Waals surface area contributed by atoms with Gasteiger partial charge < -0.3 is 10.2 Å². The second-order valence-electron chi connectivity index (χ2n) is 7.61. The molecule has 0 unspecified atom stereocenters. The summed E-state index contributed by atoms with van der Waals surface area (Å²) in [6, 6.07) is 13.5. The summed E-state index contributed by atoms with van der Waals surface area (Å²) in [6.45, 7) is 6.43. The van der Waals surface area contributed by atoms with Crippen LogP contribution in [-0.2, 0) is 6.54 Å². The van der Waals surface area contributed by atoms with Crippen LogP contribution in [0.4, 0.5) is 0 Å². The Labute approximate surface area is 176 Å². The summed E-state index contributed by atoms with van der Waals surface area (Å²) in [5.41, 5.74) is 2.67. The molecule has 1 fully saturated rings. The first kappa shape index (κ1) is 19.9. The van der Waals surface area contributed by atoms with E-state index in [0.717, 1.165) is 49.2 Å². The largest absolute Gasteiger partial charge is 0.351 e. The molecule has 3 aromatic rings. The molecule has 0 aliphatic carbocycles. The van der Waals surface area contributed by atoms with E-state index in [1.54, 1.807) is 0 Å². The first-order valence-electron chi connectivity index (χ1n) is 9.97. The van der Waals surface area contributed by atoms with E-state index in [0.29, 0.717) is 23.7 Å². The van der Waals surface area contributed by atoms with Crippen LogP contribution < -0.4 is 5.32 Å². The molecule has 1 saturated heterocycles. The average Bonchev–Trinajstić information content (AvgIpc) is 3.11. The monoisotopic (exact) mass is 411 g/mol. The molecule has 152 valence electrons. The molecule has 1 aliphatic rings. The highest BCUT2D eigenvalue weighted by Gasteiger charge is 2.14. The van der Waals surface area contributed by atoms with Crippen LogP contribution in [0, 0.1) is 0 Å². The van der Waals surface area contributed by atoms with Gasteiger partial charge in [0.1, 0.15) is 0 Å². The van der Waals surface area contributed by atoms with E-state index in [2.05, 4.69) is 27.3 Å². The number of halogens is 1. The fourth-order valence-electron chi connectivity index (χ4n) is 3.65. The van der Waals surface area contributed by atoms with Crippen molar-refractivity contribution < 1.29 is 4.79 Å². The molecular weight excluding hydrogens is 386 g/mol. The van der Waals surface area contributed by atoms with E-state index in [1.807, 2.05) is 53.3 Å². The Morgan fingerprint density at radius 2 is 1.97 bits per heavy atom. The fourth-order valence-corrected chi connectivity index (χ4v) is 3.86. The maximum absolute atomic E-state index is 12.6. The van der Waals surface area contributed by atoms with Crippen molar-refractivity contribution in [3.8, 4) is 0 Å². The third-order valence-electron chi connectivity index (χ3n) is 5.44. The Balaban J connectivity index is 1.40. The normalized spacial score (nSPS) is 15.7. The average molecular weight is 412 g/mol. The standard InChI is InChI=1S/C22H26ClN5O/c1-26-9-11-27(12-10-26)8-7-24-22(29)18-5-6-19-15-25-28(21(19)14-18)16-17-3-2-4-20(23)13-17/h2-6,13-15H,7-12,16H2,1H3,(H,24,29). The van der Waals surface area contributed by atoms with Gasteiger partial charge in [0.05, 0.1) is 18.3 Å². The van der Waals surface area contributed by atoms with Crippen molar-refractivity contribution >= 4 is 28.4 Å². The van der Waals surface area contributed by atoms with Crippen LogP contribution >= 0.6 is 11.6 Å². The van der Waals surface area contributed by atoms with Gasteiger partial charge in [-0.15, -0.1) is 0 Å². The summed E-state index contributed by atoms with van der Waals surface area (Å²) in [7, 11) is 2.15. The number of hydrogen-bond acceptors (Lipinski definition) is 4. The Bertz CT molecular complexity index is 994. The minimum atomic E-state index is -0.0449. The van der Waals surface area contributed by atoms with Gasteiger partial charge in [0.15, 0.2) is 0 Å². The number of nitrogens with zero attached hydrogens (tertiary/aromatic N) is 4. The lowest BCUT2D eigenvalue weighted by atomic mass is 10.1. The van der Waals surface area contributed by atoms with E-state index in [9.17, 15) is 4.79 Å². The molecule has 2 heterocycles. The van der Waals surface area contributed by atoms with Gasteiger partial charge in [-0.05, 0) is 36.9 Å². The predicted molar refractivity (Wildman–Crippen MR) is 117 cm³/mol. The zero-order valence-electron chi connectivity index (χ0n) is 16.6. The number of hydrogen-bond donors (Lipinski definition) is 1. The zero-order chi connectivity index (χ0) is 20.2. The lowest BCUT2D eigenvalue weighted by molar-refractivity contribution is 0.0941. The number of amides is 1. The van der Waals surface area contributed by atoms with Crippen LogP contribution in [0.2, 0.25) is 5.02 Å². The summed E-state index contributed by atoms with van der Waals surface area (Å²) in [5.74, 6) is -0.0449. The van der Waals surface area contributed by atoms with Crippen molar-refractivity contribution in [3.05, 3.63) is 64.8 Å². The maximum atomic E-state index is 12.6. The van der Waals surface area contributed by atoms with E-state index in [4.69, 9.17) is 11.6 Å². The van der Waals surface area contributed by atoms with E-state index in [1.165, 1.54) is 0 Å². The quantitative estimate of drug-likeness (QED) is 0.677. The number of rotatable bonds is 6. The van der Waals surface area contributed by atoms with Gasteiger partial charge in [-0.3, -0.25) is 14.4 Å².